The van der Waals surface area contributed by atoms with E-state index in [-0.39, 0.29) is 5.48 Å². The van der Waals surface area contributed by atoms with Crippen molar-refractivity contribution in [2.75, 3.05) is 11.9 Å². The zero-order valence-corrected chi connectivity index (χ0v) is 5.03. The molecule has 0 amide bonds. The standard InChI is InChI=1S/C3H7BrO.H2O/c4-2-1-3-5;/h5H,1-3H2;1H2. The molecule has 40 valence electrons. The molecule has 0 heterocycles. The Morgan fingerprint density at radius 1 is 1.50 bits per heavy atom. The predicted octanol–water partition coefficient (Wildman–Crippen LogP) is -0.0610. The van der Waals surface area contributed by atoms with Gasteiger partial charge in [0.05, 0.1) is 0 Å². The molecule has 3 heteroatoms. The molecule has 0 rings (SSSR count). The van der Waals surface area contributed by atoms with Crippen molar-refractivity contribution in [1.82, 2.24) is 0 Å². The van der Waals surface area contributed by atoms with Crippen LogP contribution < -0.4 is 0 Å². The first-order valence-electron chi connectivity index (χ1n) is 1.58. The van der Waals surface area contributed by atoms with Crippen LogP contribution in [0.2, 0.25) is 0 Å². The molecule has 0 aromatic heterocycles. The van der Waals surface area contributed by atoms with Crippen LogP contribution in [0.15, 0.2) is 0 Å². The lowest BCUT2D eigenvalue weighted by Gasteiger charge is -1.78. The molecule has 0 bridgehead atoms. The summed E-state index contributed by atoms with van der Waals surface area (Å²) in [6, 6.07) is 0. The first-order chi connectivity index (χ1) is 2.41. The van der Waals surface area contributed by atoms with Crippen LogP contribution in [0.5, 0.6) is 0 Å². The molecule has 0 saturated carbocycles. The van der Waals surface area contributed by atoms with E-state index in [0.717, 1.165) is 11.8 Å². The molecule has 0 aliphatic heterocycles. The highest BCUT2D eigenvalue weighted by atomic mass is 79.9. The molecule has 0 aliphatic carbocycles. The van der Waals surface area contributed by atoms with E-state index < -0.39 is 0 Å². The second kappa shape index (κ2) is 9.04. The second-order valence-corrected chi connectivity index (χ2v) is 1.56. The number of hydrogen-bond acceptors (Lipinski definition) is 1. The number of alkyl halides is 1. The quantitative estimate of drug-likeness (QED) is 0.560. The van der Waals surface area contributed by atoms with Crippen LogP contribution in [0, 0.1) is 0 Å². The van der Waals surface area contributed by atoms with E-state index in [1.807, 2.05) is 0 Å². The molecule has 0 atom stereocenters. The summed E-state index contributed by atoms with van der Waals surface area (Å²) < 4.78 is 0. The van der Waals surface area contributed by atoms with Gasteiger partial charge < -0.3 is 10.6 Å². The fourth-order valence-corrected chi connectivity index (χ4v) is 0.311. The van der Waals surface area contributed by atoms with E-state index >= 15 is 0 Å². The van der Waals surface area contributed by atoms with Gasteiger partial charge in [0, 0.05) is 11.9 Å². The van der Waals surface area contributed by atoms with E-state index in [2.05, 4.69) is 15.9 Å². The van der Waals surface area contributed by atoms with Gasteiger partial charge in [0.25, 0.3) is 0 Å². The van der Waals surface area contributed by atoms with Crippen LogP contribution in [0.4, 0.5) is 0 Å². The Morgan fingerprint density at radius 3 is 2.00 bits per heavy atom. The summed E-state index contributed by atoms with van der Waals surface area (Å²) in [5, 5.41) is 8.94. The summed E-state index contributed by atoms with van der Waals surface area (Å²) >= 11 is 3.15. The second-order valence-electron chi connectivity index (χ2n) is 0.766. The first-order valence-corrected chi connectivity index (χ1v) is 2.70. The van der Waals surface area contributed by atoms with Gasteiger partial charge in [-0.15, -0.1) is 0 Å². The monoisotopic (exact) mass is 156 g/mol. The van der Waals surface area contributed by atoms with Gasteiger partial charge >= 0.3 is 0 Å². The van der Waals surface area contributed by atoms with Crippen molar-refractivity contribution in [2.45, 2.75) is 6.42 Å². The van der Waals surface area contributed by atoms with Crippen molar-refractivity contribution >= 4 is 15.9 Å². The third-order valence-electron chi connectivity index (χ3n) is 0.292. The predicted molar refractivity (Wildman–Crippen MR) is 29.1 cm³/mol. The van der Waals surface area contributed by atoms with E-state index in [0.29, 0.717) is 6.61 Å². The highest BCUT2D eigenvalue weighted by Crippen LogP contribution is 1.81. The summed E-state index contributed by atoms with van der Waals surface area (Å²) in [4.78, 5) is 0. The fraction of sp³-hybridized carbons (Fsp3) is 1.00. The number of hydrogen-bond donors (Lipinski definition) is 1. The largest absolute Gasteiger partial charge is 0.412 e. The van der Waals surface area contributed by atoms with E-state index in [4.69, 9.17) is 5.11 Å². The zero-order valence-electron chi connectivity index (χ0n) is 3.45. The molecule has 6 heavy (non-hydrogen) atoms. The van der Waals surface area contributed by atoms with Crippen LogP contribution in [-0.4, -0.2) is 22.5 Å². The highest BCUT2D eigenvalue weighted by molar-refractivity contribution is 9.09. The van der Waals surface area contributed by atoms with Crippen molar-refractivity contribution in [1.29, 1.82) is 0 Å². The van der Waals surface area contributed by atoms with Crippen LogP contribution in [-0.2, 0) is 0 Å². The van der Waals surface area contributed by atoms with E-state index in [1.54, 1.807) is 0 Å². The Kier molecular flexibility index (Phi) is 14.5. The minimum Gasteiger partial charge on any atom is -0.412 e. The molecule has 2 nitrogen and oxygen atoms in total. The van der Waals surface area contributed by atoms with Crippen LogP contribution in [0.25, 0.3) is 0 Å². The number of aliphatic hydroxyl groups is 1. The molecule has 0 saturated heterocycles. The Labute approximate surface area is 45.6 Å². The molecule has 0 aliphatic rings. The van der Waals surface area contributed by atoms with Crippen molar-refractivity contribution in [3.05, 3.63) is 0 Å². The highest BCUT2D eigenvalue weighted by Gasteiger charge is 1.70. The Balaban J connectivity index is 0. The van der Waals surface area contributed by atoms with Crippen molar-refractivity contribution in [2.24, 2.45) is 0 Å². The maximum absolute atomic E-state index is 8.04. The molecule has 3 N–H and O–H groups in total. The first kappa shape index (κ1) is 9.64. The third kappa shape index (κ3) is 8.83. The van der Waals surface area contributed by atoms with Crippen molar-refractivity contribution in [3.8, 4) is 0 Å². The van der Waals surface area contributed by atoms with Crippen LogP contribution >= 0.6 is 15.9 Å². The van der Waals surface area contributed by atoms with Gasteiger partial charge in [-0.2, -0.15) is 0 Å². The van der Waals surface area contributed by atoms with E-state index in [9.17, 15) is 0 Å². The Bertz CT molecular complexity index is 16.3. The average Bonchev–Trinajstić information content (AvgIpc) is 1.41. The van der Waals surface area contributed by atoms with Crippen molar-refractivity contribution in [3.63, 3.8) is 0 Å². The summed E-state index contributed by atoms with van der Waals surface area (Å²) in [7, 11) is 0. The summed E-state index contributed by atoms with van der Waals surface area (Å²) in [6.07, 6.45) is 0.861. The van der Waals surface area contributed by atoms with E-state index in [1.165, 1.54) is 0 Å². The number of rotatable bonds is 2. The Hall–Kier alpha value is 0.400. The smallest absolute Gasteiger partial charge is 0.0438 e. The maximum atomic E-state index is 8.04. The lowest BCUT2D eigenvalue weighted by atomic mass is 10.5. The maximum Gasteiger partial charge on any atom is 0.0438 e. The minimum absolute atomic E-state index is 0. The molecule has 0 aromatic rings. The molecule has 0 unspecified atom stereocenters. The molecule has 0 aromatic carbocycles. The van der Waals surface area contributed by atoms with Crippen LogP contribution in [0.3, 0.4) is 0 Å². The number of aliphatic hydroxyl groups excluding tert-OH is 1. The molecule has 0 radical (unpaired) electrons. The van der Waals surface area contributed by atoms with Crippen LogP contribution in [0.1, 0.15) is 6.42 Å². The average molecular weight is 157 g/mol. The van der Waals surface area contributed by atoms with Gasteiger partial charge in [0.15, 0.2) is 0 Å². The molecule has 0 fully saturated rings. The molecular weight excluding hydrogens is 148 g/mol. The summed E-state index contributed by atoms with van der Waals surface area (Å²) in [6.45, 7) is 0.297. The summed E-state index contributed by atoms with van der Waals surface area (Å²) in [5.74, 6) is 0. The summed E-state index contributed by atoms with van der Waals surface area (Å²) in [5.41, 5.74) is 0. The fourth-order valence-electron chi connectivity index (χ4n) is 0.0598. The normalized spacial score (nSPS) is 7.00. The van der Waals surface area contributed by atoms with Gasteiger partial charge in [0.2, 0.25) is 0 Å². The van der Waals surface area contributed by atoms with Gasteiger partial charge in [-0.1, -0.05) is 15.9 Å². The third-order valence-corrected chi connectivity index (χ3v) is 0.852. The van der Waals surface area contributed by atoms with Gasteiger partial charge in [-0.25, -0.2) is 0 Å². The van der Waals surface area contributed by atoms with Gasteiger partial charge in [-0.05, 0) is 6.42 Å². The molecular formula is C3H9BrO2. The minimum atomic E-state index is 0. The molecule has 0 spiro atoms. The van der Waals surface area contributed by atoms with Crippen molar-refractivity contribution < 1.29 is 10.6 Å². The topological polar surface area (TPSA) is 51.7 Å². The van der Waals surface area contributed by atoms with Gasteiger partial charge in [-0.3, -0.25) is 0 Å². The van der Waals surface area contributed by atoms with Gasteiger partial charge in [0.1, 0.15) is 0 Å². The lowest BCUT2D eigenvalue weighted by Crippen LogP contribution is -1.78. The zero-order chi connectivity index (χ0) is 4.12. The Morgan fingerprint density at radius 2 is 2.00 bits per heavy atom. The SMILES string of the molecule is O.OCCCBr. The number of halogens is 1. The lowest BCUT2D eigenvalue weighted by molar-refractivity contribution is 0.296.